The SMILES string of the molecule is Cc1sccc1C(O)(CCCl)c1ccccc1. The zero-order valence-electron chi connectivity index (χ0n) is 9.69. The molecule has 17 heavy (non-hydrogen) atoms. The fourth-order valence-electron chi connectivity index (χ4n) is 2.10. The quantitative estimate of drug-likeness (QED) is 0.832. The first-order valence-corrected chi connectivity index (χ1v) is 6.98. The van der Waals surface area contributed by atoms with Crippen LogP contribution in [0.3, 0.4) is 0 Å². The lowest BCUT2D eigenvalue weighted by Crippen LogP contribution is -2.28. The van der Waals surface area contributed by atoms with Crippen LogP contribution in [0.1, 0.15) is 22.4 Å². The maximum absolute atomic E-state index is 10.9. The molecule has 0 aliphatic heterocycles. The van der Waals surface area contributed by atoms with Crippen molar-refractivity contribution in [3.8, 4) is 0 Å². The van der Waals surface area contributed by atoms with Gasteiger partial charge in [0.15, 0.2) is 0 Å². The van der Waals surface area contributed by atoms with Crippen LogP contribution in [0.4, 0.5) is 0 Å². The molecule has 0 radical (unpaired) electrons. The van der Waals surface area contributed by atoms with Crippen LogP contribution < -0.4 is 0 Å². The minimum Gasteiger partial charge on any atom is -0.380 e. The van der Waals surface area contributed by atoms with Gasteiger partial charge < -0.3 is 5.11 Å². The first-order chi connectivity index (χ1) is 8.18. The second-order valence-electron chi connectivity index (χ2n) is 4.06. The molecule has 0 aliphatic carbocycles. The summed E-state index contributed by atoms with van der Waals surface area (Å²) >= 11 is 7.50. The molecule has 1 unspecified atom stereocenters. The van der Waals surface area contributed by atoms with Crippen LogP contribution in [0.15, 0.2) is 41.8 Å². The summed E-state index contributed by atoms with van der Waals surface area (Å²) in [5.74, 6) is 0.431. The van der Waals surface area contributed by atoms with Gasteiger partial charge in [-0.2, -0.15) is 0 Å². The summed E-state index contributed by atoms with van der Waals surface area (Å²) in [6.45, 7) is 2.03. The second kappa shape index (κ2) is 5.21. The molecule has 1 nitrogen and oxygen atoms in total. The molecule has 0 spiro atoms. The Morgan fingerprint density at radius 3 is 2.47 bits per heavy atom. The largest absolute Gasteiger partial charge is 0.380 e. The third kappa shape index (κ3) is 2.39. The van der Waals surface area contributed by atoms with E-state index in [1.54, 1.807) is 11.3 Å². The molecule has 0 amide bonds. The summed E-state index contributed by atoms with van der Waals surface area (Å²) in [6.07, 6.45) is 0.524. The van der Waals surface area contributed by atoms with Crippen LogP contribution in [-0.4, -0.2) is 11.0 Å². The van der Waals surface area contributed by atoms with Crippen molar-refractivity contribution in [3.63, 3.8) is 0 Å². The van der Waals surface area contributed by atoms with Crippen molar-refractivity contribution in [2.75, 3.05) is 5.88 Å². The molecular formula is C14H15ClOS. The molecule has 0 saturated heterocycles. The van der Waals surface area contributed by atoms with Gasteiger partial charge in [-0.15, -0.1) is 22.9 Å². The van der Waals surface area contributed by atoms with E-state index in [4.69, 9.17) is 11.6 Å². The monoisotopic (exact) mass is 266 g/mol. The van der Waals surface area contributed by atoms with Gasteiger partial charge in [-0.1, -0.05) is 30.3 Å². The van der Waals surface area contributed by atoms with E-state index in [-0.39, 0.29) is 0 Å². The van der Waals surface area contributed by atoms with Gasteiger partial charge in [-0.25, -0.2) is 0 Å². The number of aryl methyl sites for hydroxylation is 1. The third-order valence-corrected chi connectivity index (χ3v) is 4.05. The summed E-state index contributed by atoms with van der Waals surface area (Å²) in [5.41, 5.74) is 0.907. The molecule has 1 heterocycles. The van der Waals surface area contributed by atoms with E-state index >= 15 is 0 Å². The molecule has 0 saturated carbocycles. The molecule has 1 aromatic carbocycles. The van der Waals surface area contributed by atoms with E-state index in [1.165, 1.54) is 0 Å². The molecular weight excluding hydrogens is 252 g/mol. The summed E-state index contributed by atoms with van der Waals surface area (Å²) in [7, 11) is 0. The van der Waals surface area contributed by atoms with Gasteiger partial charge in [-0.3, -0.25) is 0 Å². The molecule has 1 atom stereocenters. The lowest BCUT2D eigenvalue weighted by atomic mass is 9.84. The van der Waals surface area contributed by atoms with E-state index in [1.807, 2.05) is 48.7 Å². The number of hydrogen-bond acceptors (Lipinski definition) is 2. The highest BCUT2D eigenvalue weighted by Gasteiger charge is 2.32. The highest BCUT2D eigenvalue weighted by molar-refractivity contribution is 7.10. The Kier molecular flexibility index (Phi) is 3.87. The first-order valence-electron chi connectivity index (χ1n) is 5.57. The zero-order chi connectivity index (χ0) is 12.3. The Bertz CT molecular complexity index is 480. The summed E-state index contributed by atoms with van der Waals surface area (Å²) in [4.78, 5) is 1.14. The van der Waals surface area contributed by atoms with Crippen molar-refractivity contribution >= 4 is 22.9 Å². The van der Waals surface area contributed by atoms with Crippen LogP contribution in [0.25, 0.3) is 0 Å². The predicted octanol–water partition coefficient (Wildman–Crippen LogP) is 3.92. The van der Waals surface area contributed by atoms with E-state index in [0.29, 0.717) is 12.3 Å². The van der Waals surface area contributed by atoms with Crippen LogP contribution in [0.5, 0.6) is 0 Å². The highest BCUT2D eigenvalue weighted by atomic mass is 35.5. The number of thiophene rings is 1. The van der Waals surface area contributed by atoms with E-state index < -0.39 is 5.60 Å². The Morgan fingerprint density at radius 2 is 1.94 bits per heavy atom. The molecule has 90 valence electrons. The van der Waals surface area contributed by atoms with E-state index in [9.17, 15) is 5.11 Å². The number of benzene rings is 1. The van der Waals surface area contributed by atoms with E-state index in [0.717, 1.165) is 16.0 Å². The topological polar surface area (TPSA) is 20.2 Å². The number of halogens is 1. The van der Waals surface area contributed by atoms with Crippen molar-refractivity contribution in [1.29, 1.82) is 0 Å². The van der Waals surface area contributed by atoms with Gasteiger partial charge in [0, 0.05) is 16.3 Å². The molecule has 1 aromatic heterocycles. The molecule has 3 heteroatoms. The molecule has 1 N–H and O–H groups in total. The number of rotatable bonds is 4. The molecule has 2 aromatic rings. The third-order valence-electron chi connectivity index (χ3n) is 3.01. The fourth-order valence-corrected chi connectivity index (χ4v) is 3.14. The highest BCUT2D eigenvalue weighted by Crippen LogP contribution is 2.37. The van der Waals surface area contributed by atoms with Gasteiger partial charge in [-0.05, 0) is 30.4 Å². The number of aliphatic hydroxyl groups is 1. The van der Waals surface area contributed by atoms with Crippen LogP contribution >= 0.6 is 22.9 Å². The smallest absolute Gasteiger partial charge is 0.117 e. The van der Waals surface area contributed by atoms with Crippen LogP contribution in [0.2, 0.25) is 0 Å². The van der Waals surface area contributed by atoms with Gasteiger partial charge in [0.25, 0.3) is 0 Å². The standard InChI is InChI=1S/C14H15ClOS/c1-11-13(7-10-17-11)14(16,8-9-15)12-5-3-2-4-6-12/h2-7,10,16H,8-9H2,1H3. The fraction of sp³-hybridized carbons (Fsp3) is 0.286. The lowest BCUT2D eigenvalue weighted by Gasteiger charge is -2.28. The van der Waals surface area contributed by atoms with Crippen LogP contribution in [0, 0.1) is 6.92 Å². The second-order valence-corrected chi connectivity index (χ2v) is 5.55. The van der Waals surface area contributed by atoms with Gasteiger partial charge >= 0.3 is 0 Å². The van der Waals surface area contributed by atoms with Gasteiger partial charge in [0.05, 0.1) is 0 Å². The van der Waals surface area contributed by atoms with Crippen molar-refractivity contribution < 1.29 is 5.11 Å². The molecule has 0 bridgehead atoms. The Morgan fingerprint density at radius 1 is 1.24 bits per heavy atom. The minimum absolute atomic E-state index is 0.431. The Labute approximate surface area is 111 Å². The summed E-state index contributed by atoms with van der Waals surface area (Å²) in [6, 6.07) is 11.7. The Hall–Kier alpha value is -0.830. The molecule has 2 rings (SSSR count). The van der Waals surface area contributed by atoms with Gasteiger partial charge in [0.1, 0.15) is 5.60 Å². The summed E-state index contributed by atoms with van der Waals surface area (Å²) < 4.78 is 0. The number of alkyl halides is 1. The normalized spacial score (nSPS) is 14.5. The lowest BCUT2D eigenvalue weighted by molar-refractivity contribution is 0.0774. The zero-order valence-corrected chi connectivity index (χ0v) is 11.3. The van der Waals surface area contributed by atoms with Crippen molar-refractivity contribution in [3.05, 3.63) is 57.8 Å². The number of hydrogen-bond donors (Lipinski definition) is 1. The van der Waals surface area contributed by atoms with Crippen molar-refractivity contribution in [2.24, 2.45) is 0 Å². The average molecular weight is 267 g/mol. The van der Waals surface area contributed by atoms with E-state index in [2.05, 4.69) is 0 Å². The maximum atomic E-state index is 10.9. The average Bonchev–Trinajstić information content (AvgIpc) is 2.77. The van der Waals surface area contributed by atoms with Crippen molar-refractivity contribution in [2.45, 2.75) is 18.9 Å². The summed E-state index contributed by atoms with van der Waals surface area (Å²) in [5, 5.41) is 13.0. The van der Waals surface area contributed by atoms with Crippen LogP contribution in [-0.2, 0) is 5.60 Å². The minimum atomic E-state index is -0.965. The molecule has 0 fully saturated rings. The van der Waals surface area contributed by atoms with Gasteiger partial charge in [0.2, 0.25) is 0 Å². The predicted molar refractivity (Wildman–Crippen MR) is 73.8 cm³/mol. The molecule has 0 aliphatic rings. The Balaban J connectivity index is 2.50. The van der Waals surface area contributed by atoms with Crippen molar-refractivity contribution in [1.82, 2.24) is 0 Å². The maximum Gasteiger partial charge on any atom is 0.117 e. The first kappa shape index (κ1) is 12.6.